The first-order valence-electron chi connectivity index (χ1n) is 8.80. The molecule has 1 fully saturated rings. The van der Waals surface area contributed by atoms with Gasteiger partial charge in [-0.05, 0) is 64.1 Å². The number of thiophene rings is 1. The molecule has 23 heavy (non-hydrogen) atoms. The zero-order valence-corrected chi connectivity index (χ0v) is 14.7. The van der Waals surface area contributed by atoms with Gasteiger partial charge in [-0.15, -0.1) is 11.3 Å². The highest BCUT2D eigenvalue weighted by Gasteiger charge is 2.26. The lowest BCUT2D eigenvalue weighted by molar-refractivity contribution is -0.121. The highest BCUT2D eigenvalue weighted by molar-refractivity contribution is 7.16. The van der Waals surface area contributed by atoms with Gasteiger partial charge in [-0.2, -0.15) is 5.26 Å². The lowest BCUT2D eigenvalue weighted by atomic mass is 10.1. The molecule has 5 heteroatoms. The summed E-state index contributed by atoms with van der Waals surface area (Å²) in [6, 6.07) is 2.22. The van der Waals surface area contributed by atoms with Crippen LogP contribution in [0.2, 0.25) is 0 Å². The Labute approximate surface area is 142 Å². The number of carbonyl (C=O) groups excluding carboxylic acids is 1. The topological polar surface area (TPSA) is 56.1 Å². The minimum atomic E-state index is -0.122. The molecule has 2 aliphatic rings. The number of rotatable bonds is 3. The molecule has 1 atom stereocenters. The summed E-state index contributed by atoms with van der Waals surface area (Å²) in [6.07, 6.45) is 9.22. The lowest BCUT2D eigenvalue weighted by Crippen LogP contribution is -2.44. The minimum Gasteiger partial charge on any atom is -0.315 e. The van der Waals surface area contributed by atoms with Crippen molar-refractivity contribution < 1.29 is 4.79 Å². The van der Waals surface area contributed by atoms with Crippen molar-refractivity contribution in [3.05, 3.63) is 16.0 Å². The van der Waals surface area contributed by atoms with Gasteiger partial charge in [0.15, 0.2) is 0 Å². The Morgan fingerprint density at radius 3 is 2.61 bits per heavy atom. The third-order valence-electron chi connectivity index (χ3n) is 5.09. The van der Waals surface area contributed by atoms with Crippen molar-refractivity contribution in [1.29, 1.82) is 5.26 Å². The van der Waals surface area contributed by atoms with Crippen LogP contribution in [0.5, 0.6) is 0 Å². The summed E-state index contributed by atoms with van der Waals surface area (Å²) in [5.41, 5.74) is 1.90. The molecule has 1 saturated heterocycles. The van der Waals surface area contributed by atoms with Crippen LogP contribution in [-0.2, 0) is 17.6 Å². The zero-order chi connectivity index (χ0) is 16.2. The molecule has 0 aromatic carbocycles. The van der Waals surface area contributed by atoms with E-state index in [0.29, 0.717) is 5.56 Å². The van der Waals surface area contributed by atoms with Gasteiger partial charge in [0, 0.05) is 4.88 Å². The fourth-order valence-corrected chi connectivity index (χ4v) is 4.88. The molecule has 0 saturated carbocycles. The SMILES string of the molecule is C[C@@H](C(=O)Nc1sc2c(c1C#N)CCCCC2)N1CCCCC1. The fourth-order valence-electron chi connectivity index (χ4n) is 3.64. The smallest absolute Gasteiger partial charge is 0.242 e. The summed E-state index contributed by atoms with van der Waals surface area (Å²) in [5, 5.41) is 13.4. The molecule has 1 aliphatic carbocycles. The number of piperidine rings is 1. The number of nitrogens with one attached hydrogen (secondary N) is 1. The molecule has 1 N–H and O–H groups in total. The van der Waals surface area contributed by atoms with Crippen LogP contribution in [-0.4, -0.2) is 29.9 Å². The van der Waals surface area contributed by atoms with E-state index >= 15 is 0 Å². The third kappa shape index (κ3) is 3.59. The van der Waals surface area contributed by atoms with Crippen LogP contribution in [0.4, 0.5) is 5.00 Å². The Kier molecular flexibility index (Phi) is 5.34. The maximum Gasteiger partial charge on any atom is 0.242 e. The number of amides is 1. The van der Waals surface area contributed by atoms with E-state index < -0.39 is 0 Å². The van der Waals surface area contributed by atoms with E-state index in [1.165, 1.54) is 42.5 Å². The first-order valence-corrected chi connectivity index (χ1v) is 9.62. The number of likely N-dealkylation sites (tertiary alicyclic amines) is 1. The Balaban J connectivity index is 1.74. The van der Waals surface area contributed by atoms with Gasteiger partial charge in [-0.1, -0.05) is 12.8 Å². The molecule has 0 radical (unpaired) electrons. The highest BCUT2D eigenvalue weighted by atomic mass is 32.1. The summed E-state index contributed by atoms with van der Waals surface area (Å²) < 4.78 is 0. The van der Waals surface area contributed by atoms with Crippen LogP contribution in [0.15, 0.2) is 0 Å². The molecule has 4 nitrogen and oxygen atoms in total. The Morgan fingerprint density at radius 2 is 1.87 bits per heavy atom. The van der Waals surface area contributed by atoms with Gasteiger partial charge in [-0.25, -0.2) is 0 Å². The van der Waals surface area contributed by atoms with E-state index in [1.807, 2.05) is 6.92 Å². The van der Waals surface area contributed by atoms with Crippen LogP contribution in [0.3, 0.4) is 0 Å². The van der Waals surface area contributed by atoms with Crippen LogP contribution < -0.4 is 5.32 Å². The van der Waals surface area contributed by atoms with Crippen molar-refractivity contribution in [3.8, 4) is 6.07 Å². The molecule has 0 unspecified atom stereocenters. The van der Waals surface area contributed by atoms with Gasteiger partial charge in [0.1, 0.15) is 11.1 Å². The number of nitrogens with zero attached hydrogens (tertiary/aromatic N) is 2. The Morgan fingerprint density at radius 1 is 1.17 bits per heavy atom. The molecule has 3 rings (SSSR count). The average molecular weight is 331 g/mol. The number of hydrogen-bond donors (Lipinski definition) is 1. The van der Waals surface area contributed by atoms with Gasteiger partial charge < -0.3 is 5.32 Å². The van der Waals surface area contributed by atoms with Gasteiger partial charge >= 0.3 is 0 Å². The van der Waals surface area contributed by atoms with E-state index in [2.05, 4.69) is 16.3 Å². The maximum atomic E-state index is 12.6. The summed E-state index contributed by atoms with van der Waals surface area (Å²) in [6.45, 7) is 3.98. The van der Waals surface area contributed by atoms with E-state index in [1.54, 1.807) is 11.3 Å². The number of fused-ring (bicyclic) bond motifs is 1. The highest BCUT2D eigenvalue weighted by Crippen LogP contribution is 2.37. The molecular weight excluding hydrogens is 306 g/mol. The van der Waals surface area contributed by atoms with Crippen LogP contribution in [0.25, 0.3) is 0 Å². The fraction of sp³-hybridized carbons (Fsp3) is 0.667. The van der Waals surface area contributed by atoms with Gasteiger partial charge in [0.05, 0.1) is 11.6 Å². The Hall–Kier alpha value is -1.38. The average Bonchev–Trinajstić information content (AvgIpc) is 2.74. The van der Waals surface area contributed by atoms with Crippen molar-refractivity contribution in [2.24, 2.45) is 0 Å². The van der Waals surface area contributed by atoms with Crippen LogP contribution in [0, 0.1) is 11.3 Å². The van der Waals surface area contributed by atoms with E-state index in [4.69, 9.17) is 0 Å². The predicted octanol–water partition coefficient (Wildman–Crippen LogP) is 3.70. The predicted molar refractivity (Wildman–Crippen MR) is 93.8 cm³/mol. The maximum absolute atomic E-state index is 12.6. The second-order valence-electron chi connectivity index (χ2n) is 6.64. The van der Waals surface area contributed by atoms with Crippen molar-refractivity contribution in [3.63, 3.8) is 0 Å². The summed E-state index contributed by atoms with van der Waals surface area (Å²) >= 11 is 1.62. The number of aryl methyl sites for hydroxylation is 1. The molecule has 1 aromatic heterocycles. The van der Waals surface area contributed by atoms with Crippen LogP contribution >= 0.6 is 11.3 Å². The number of anilines is 1. The van der Waals surface area contributed by atoms with E-state index in [9.17, 15) is 10.1 Å². The summed E-state index contributed by atoms with van der Waals surface area (Å²) in [7, 11) is 0. The van der Waals surface area contributed by atoms with Gasteiger partial charge in [0.2, 0.25) is 5.91 Å². The van der Waals surface area contributed by atoms with Crippen molar-refractivity contribution in [2.45, 2.75) is 64.3 Å². The largest absolute Gasteiger partial charge is 0.315 e. The molecule has 1 aliphatic heterocycles. The summed E-state index contributed by atoms with van der Waals surface area (Å²) in [4.78, 5) is 16.2. The quantitative estimate of drug-likeness (QED) is 0.859. The van der Waals surface area contributed by atoms with Crippen molar-refractivity contribution >= 4 is 22.2 Å². The summed E-state index contributed by atoms with van der Waals surface area (Å²) in [5.74, 6) is 0.0276. The molecule has 1 amide bonds. The molecule has 1 aromatic rings. The van der Waals surface area contributed by atoms with Crippen molar-refractivity contribution in [1.82, 2.24) is 4.90 Å². The van der Waals surface area contributed by atoms with Crippen molar-refractivity contribution in [2.75, 3.05) is 18.4 Å². The van der Waals surface area contributed by atoms with Crippen LogP contribution in [0.1, 0.15) is 61.5 Å². The molecule has 0 bridgehead atoms. The molecule has 124 valence electrons. The molecule has 0 spiro atoms. The second kappa shape index (κ2) is 7.46. The van der Waals surface area contributed by atoms with Gasteiger partial charge in [0.25, 0.3) is 0 Å². The number of carbonyl (C=O) groups is 1. The van der Waals surface area contributed by atoms with E-state index in [0.717, 1.165) is 37.4 Å². The lowest BCUT2D eigenvalue weighted by Gasteiger charge is -2.31. The first kappa shape index (κ1) is 16.5. The first-order chi connectivity index (χ1) is 11.2. The van der Waals surface area contributed by atoms with E-state index in [-0.39, 0.29) is 11.9 Å². The third-order valence-corrected chi connectivity index (χ3v) is 6.29. The Bertz CT molecular complexity index is 611. The molecular formula is C18H25N3OS. The normalized spacial score (nSPS) is 20.2. The zero-order valence-electron chi connectivity index (χ0n) is 13.9. The molecule has 2 heterocycles. The standard InChI is InChI=1S/C18H25N3OS/c1-13(21-10-6-3-7-11-21)17(22)20-18-15(12-19)14-8-4-2-5-9-16(14)23-18/h13H,2-11H2,1H3,(H,20,22)/t13-/m0/s1. The van der Waals surface area contributed by atoms with Gasteiger partial charge in [-0.3, -0.25) is 9.69 Å². The second-order valence-corrected chi connectivity index (χ2v) is 7.75. The minimum absolute atomic E-state index is 0.0276. The number of nitriles is 1. The number of hydrogen-bond acceptors (Lipinski definition) is 4. The monoisotopic (exact) mass is 331 g/mol.